The van der Waals surface area contributed by atoms with Gasteiger partial charge in [0.2, 0.25) is 5.82 Å². The van der Waals surface area contributed by atoms with Crippen LogP contribution in [0, 0.1) is 6.92 Å². The molecule has 10 nitrogen and oxygen atoms in total. The Labute approximate surface area is 190 Å². The molecule has 1 aliphatic rings. The van der Waals surface area contributed by atoms with E-state index in [2.05, 4.69) is 19.6 Å². The Kier molecular flexibility index (Phi) is 6.14. The molecule has 0 bridgehead atoms. The number of nitrogens with zero attached hydrogens (tertiary/aromatic N) is 3. The van der Waals surface area contributed by atoms with Crippen molar-refractivity contribution in [3.8, 4) is 11.4 Å². The van der Waals surface area contributed by atoms with Crippen molar-refractivity contribution in [1.29, 1.82) is 0 Å². The first-order valence-corrected chi connectivity index (χ1v) is 11.7. The summed E-state index contributed by atoms with van der Waals surface area (Å²) < 4.78 is 38.3. The van der Waals surface area contributed by atoms with Gasteiger partial charge in [-0.3, -0.25) is 9.52 Å². The third kappa shape index (κ3) is 4.72. The number of nitrogens with one attached hydrogen (secondary N) is 1. The molecule has 0 spiro atoms. The second kappa shape index (κ2) is 9.02. The van der Waals surface area contributed by atoms with Crippen LogP contribution in [0.25, 0.3) is 11.4 Å². The Morgan fingerprint density at radius 2 is 1.79 bits per heavy atom. The summed E-state index contributed by atoms with van der Waals surface area (Å²) in [6.07, 6.45) is 1.87. The molecule has 3 aromatic rings. The number of amides is 1. The number of esters is 1. The highest BCUT2D eigenvalue weighted by Crippen LogP contribution is 2.26. The predicted octanol–water partition coefficient (Wildman–Crippen LogP) is 2.87. The third-order valence-corrected chi connectivity index (χ3v) is 6.82. The standard InChI is InChI=1S/C22H22N4O6S/c1-14-5-6-16(19-23-20(32-24-19)21(27)26-11-3-4-12-26)13-18(14)33(29,30)25-17-9-7-15(8-10-17)22(28)31-2/h5-10,13,25H,3-4,11-12H2,1-2H3. The molecule has 2 heterocycles. The van der Waals surface area contributed by atoms with Crippen molar-refractivity contribution < 1.29 is 27.3 Å². The van der Waals surface area contributed by atoms with Gasteiger partial charge in [-0.2, -0.15) is 4.98 Å². The fourth-order valence-electron chi connectivity index (χ4n) is 3.51. The Morgan fingerprint density at radius 3 is 2.45 bits per heavy atom. The van der Waals surface area contributed by atoms with E-state index in [9.17, 15) is 18.0 Å². The molecule has 1 saturated heterocycles. The molecule has 1 aliphatic heterocycles. The number of ether oxygens (including phenoxy) is 1. The lowest BCUT2D eigenvalue weighted by molar-refractivity contribution is 0.0600. The summed E-state index contributed by atoms with van der Waals surface area (Å²) in [5, 5.41) is 3.86. The number of rotatable bonds is 6. The lowest BCUT2D eigenvalue weighted by Crippen LogP contribution is -2.27. The molecule has 4 rings (SSSR count). The van der Waals surface area contributed by atoms with Gasteiger partial charge in [0.15, 0.2) is 0 Å². The molecule has 0 saturated carbocycles. The number of benzene rings is 2. The quantitative estimate of drug-likeness (QED) is 0.544. The van der Waals surface area contributed by atoms with Gasteiger partial charge in [-0.05, 0) is 55.7 Å². The zero-order valence-corrected chi connectivity index (χ0v) is 18.9. The highest BCUT2D eigenvalue weighted by molar-refractivity contribution is 7.92. The van der Waals surface area contributed by atoms with E-state index in [1.54, 1.807) is 24.0 Å². The zero-order chi connectivity index (χ0) is 23.6. The fraction of sp³-hybridized carbons (Fsp3) is 0.273. The van der Waals surface area contributed by atoms with Crippen LogP contribution in [0.15, 0.2) is 51.9 Å². The molecule has 0 aliphatic carbocycles. The van der Waals surface area contributed by atoms with Crippen molar-refractivity contribution in [3.05, 3.63) is 59.5 Å². The number of hydrogen-bond acceptors (Lipinski definition) is 8. The molecule has 1 fully saturated rings. The first-order valence-electron chi connectivity index (χ1n) is 10.2. The number of anilines is 1. The van der Waals surface area contributed by atoms with E-state index in [-0.39, 0.29) is 28.2 Å². The van der Waals surface area contributed by atoms with Gasteiger partial charge in [0.25, 0.3) is 10.0 Å². The summed E-state index contributed by atoms with van der Waals surface area (Å²) in [4.78, 5) is 29.9. The summed E-state index contributed by atoms with van der Waals surface area (Å²) in [7, 11) is -2.70. The van der Waals surface area contributed by atoms with E-state index in [4.69, 9.17) is 4.52 Å². The number of sulfonamides is 1. The van der Waals surface area contributed by atoms with Crippen LogP contribution in [0.5, 0.6) is 0 Å². The summed E-state index contributed by atoms with van der Waals surface area (Å²) in [6, 6.07) is 10.6. The highest BCUT2D eigenvalue weighted by atomic mass is 32.2. The van der Waals surface area contributed by atoms with Gasteiger partial charge < -0.3 is 14.2 Å². The highest BCUT2D eigenvalue weighted by Gasteiger charge is 2.26. The van der Waals surface area contributed by atoms with Crippen LogP contribution in [0.4, 0.5) is 5.69 Å². The number of methoxy groups -OCH3 is 1. The molecular weight excluding hydrogens is 448 g/mol. The lowest BCUT2D eigenvalue weighted by atomic mass is 10.1. The maximum Gasteiger partial charge on any atom is 0.337 e. The molecule has 0 radical (unpaired) electrons. The van der Waals surface area contributed by atoms with E-state index < -0.39 is 16.0 Å². The third-order valence-electron chi connectivity index (χ3n) is 5.30. The smallest absolute Gasteiger partial charge is 0.337 e. The zero-order valence-electron chi connectivity index (χ0n) is 18.1. The van der Waals surface area contributed by atoms with Gasteiger partial charge in [0, 0.05) is 24.3 Å². The number of carbonyl (C=O) groups excluding carboxylic acids is 2. The minimum absolute atomic E-state index is 0.0225. The summed E-state index contributed by atoms with van der Waals surface area (Å²) in [5.74, 6) is -0.851. The van der Waals surface area contributed by atoms with Gasteiger partial charge in [0.1, 0.15) is 0 Å². The van der Waals surface area contributed by atoms with Crippen molar-refractivity contribution >= 4 is 27.6 Å². The number of aromatic nitrogens is 2. The largest absolute Gasteiger partial charge is 0.465 e. The number of hydrogen-bond donors (Lipinski definition) is 1. The van der Waals surface area contributed by atoms with Crippen molar-refractivity contribution in [2.75, 3.05) is 24.9 Å². The molecule has 0 unspecified atom stereocenters. The second-order valence-corrected chi connectivity index (χ2v) is 9.23. The number of aryl methyl sites for hydroxylation is 1. The van der Waals surface area contributed by atoms with E-state index in [0.717, 1.165) is 12.8 Å². The van der Waals surface area contributed by atoms with Gasteiger partial charge in [-0.1, -0.05) is 17.3 Å². The lowest BCUT2D eigenvalue weighted by Gasteiger charge is -2.12. The molecular formula is C22H22N4O6S. The van der Waals surface area contributed by atoms with Crippen LogP contribution in [-0.4, -0.2) is 55.5 Å². The first-order chi connectivity index (χ1) is 15.8. The summed E-state index contributed by atoms with van der Waals surface area (Å²) in [5.41, 5.74) is 1.49. The van der Waals surface area contributed by atoms with Crippen molar-refractivity contribution in [1.82, 2.24) is 15.0 Å². The second-order valence-electron chi connectivity index (χ2n) is 7.58. The van der Waals surface area contributed by atoms with Crippen LogP contribution >= 0.6 is 0 Å². The maximum atomic E-state index is 13.0. The monoisotopic (exact) mass is 470 g/mol. The molecule has 33 heavy (non-hydrogen) atoms. The molecule has 172 valence electrons. The van der Waals surface area contributed by atoms with Crippen molar-refractivity contribution in [2.45, 2.75) is 24.7 Å². The molecule has 0 atom stereocenters. The number of carbonyl (C=O) groups is 2. The van der Waals surface area contributed by atoms with Crippen LogP contribution in [0.3, 0.4) is 0 Å². The molecule has 1 amide bonds. The molecule has 2 aromatic carbocycles. The normalized spacial score (nSPS) is 13.7. The average Bonchev–Trinajstić information content (AvgIpc) is 3.51. The summed E-state index contributed by atoms with van der Waals surface area (Å²) in [6.45, 7) is 2.96. The minimum atomic E-state index is -3.96. The van der Waals surface area contributed by atoms with Gasteiger partial charge >= 0.3 is 17.8 Å². The van der Waals surface area contributed by atoms with E-state index in [1.807, 2.05) is 0 Å². The number of likely N-dealkylation sites (tertiary alicyclic amines) is 1. The van der Waals surface area contributed by atoms with Crippen LogP contribution in [0.2, 0.25) is 0 Å². The topological polar surface area (TPSA) is 132 Å². The maximum absolute atomic E-state index is 13.0. The Balaban J connectivity index is 1.58. The predicted molar refractivity (Wildman–Crippen MR) is 118 cm³/mol. The Hall–Kier alpha value is -3.73. The Bertz CT molecular complexity index is 1290. The van der Waals surface area contributed by atoms with Crippen molar-refractivity contribution in [2.24, 2.45) is 0 Å². The minimum Gasteiger partial charge on any atom is -0.465 e. The molecule has 1 N–H and O–H groups in total. The van der Waals surface area contributed by atoms with Crippen LogP contribution < -0.4 is 4.72 Å². The first kappa shape index (κ1) is 22.5. The summed E-state index contributed by atoms with van der Waals surface area (Å²) >= 11 is 0. The van der Waals surface area contributed by atoms with Gasteiger partial charge in [0.05, 0.1) is 17.6 Å². The Morgan fingerprint density at radius 1 is 1.09 bits per heavy atom. The SMILES string of the molecule is COC(=O)c1ccc(NS(=O)(=O)c2cc(-c3noc(C(=O)N4CCCC4)n3)ccc2C)cc1. The fourth-order valence-corrected chi connectivity index (χ4v) is 4.84. The molecule has 11 heteroatoms. The van der Waals surface area contributed by atoms with Gasteiger partial charge in [-0.25, -0.2) is 13.2 Å². The van der Waals surface area contributed by atoms with Crippen molar-refractivity contribution in [3.63, 3.8) is 0 Å². The van der Waals surface area contributed by atoms with E-state index in [1.165, 1.54) is 37.4 Å². The van der Waals surface area contributed by atoms with Gasteiger partial charge in [-0.15, -0.1) is 0 Å². The van der Waals surface area contributed by atoms with E-state index in [0.29, 0.717) is 29.8 Å². The molecule has 1 aromatic heterocycles. The van der Waals surface area contributed by atoms with E-state index >= 15 is 0 Å². The average molecular weight is 471 g/mol. The van der Waals surface area contributed by atoms with Crippen LogP contribution in [0.1, 0.15) is 39.4 Å². The van der Waals surface area contributed by atoms with Crippen LogP contribution in [-0.2, 0) is 14.8 Å².